The third-order valence-corrected chi connectivity index (χ3v) is 4.53. The van der Waals surface area contributed by atoms with Crippen LogP contribution >= 0.6 is 0 Å². The summed E-state index contributed by atoms with van der Waals surface area (Å²) in [5, 5.41) is 3.08. The van der Waals surface area contributed by atoms with Gasteiger partial charge in [0.1, 0.15) is 12.0 Å². The van der Waals surface area contributed by atoms with E-state index < -0.39 is 11.9 Å². The molecule has 0 aliphatic rings. The molecule has 3 N–H and O–H groups in total. The van der Waals surface area contributed by atoms with E-state index in [0.29, 0.717) is 34.1 Å². The van der Waals surface area contributed by atoms with Crippen molar-refractivity contribution in [2.75, 3.05) is 36.7 Å². The summed E-state index contributed by atoms with van der Waals surface area (Å²) >= 11 is 0. The Bertz CT molecular complexity index is 1100. The van der Waals surface area contributed by atoms with Gasteiger partial charge in [-0.25, -0.2) is 19.6 Å². The van der Waals surface area contributed by atoms with Crippen molar-refractivity contribution in [1.82, 2.24) is 9.97 Å². The molecule has 1 aromatic heterocycles. The van der Waals surface area contributed by atoms with E-state index in [9.17, 15) is 9.59 Å². The lowest BCUT2D eigenvalue weighted by molar-refractivity contribution is 0.0526. The van der Waals surface area contributed by atoms with Crippen LogP contribution in [-0.4, -0.2) is 42.7 Å². The highest BCUT2D eigenvalue weighted by Gasteiger charge is 2.20. The van der Waals surface area contributed by atoms with Gasteiger partial charge >= 0.3 is 11.9 Å². The van der Waals surface area contributed by atoms with Crippen molar-refractivity contribution >= 4 is 40.6 Å². The van der Waals surface area contributed by atoms with E-state index >= 15 is 0 Å². The molecule has 9 nitrogen and oxygen atoms in total. The van der Waals surface area contributed by atoms with Gasteiger partial charge in [0, 0.05) is 7.05 Å². The summed E-state index contributed by atoms with van der Waals surface area (Å²) in [6.07, 6.45) is 1.35. The Labute approximate surface area is 179 Å². The number of aromatic nitrogens is 2. The first-order valence-electron chi connectivity index (χ1n) is 9.52. The molecule has 0 fully saturated rings. The topological polar surface area (TPSA) is 120 Å². The molecule has 160 valence electrons. The van der Waals surface area contributed by atoms with Gasteiger partial charge in [-0.3, -0.25) is 0 Å². The number of methoxy groups -OCH3 is 1. The number of nitrogens with two attached hydrogens (primary N) is 1. The smallest absolute Gasteiger partial charge is 0.340 e. The molecule has 0 spiro atoms. The summed E-state index contributed by atoms with van der Waals surface area (Å²) in [5.41, 5.74) is 8.38. The normalized spacial score (nSPS) is 10.3. The quantitative estimate of drug-likeness (QED) is 0.552. The van der Waals surface area contributed by atoms with Crippen LogP contribution in [0.4, 0.5) is 28.7 Å². The van der Waals surface area contributed by atoms with Gasteiger partial charge < -0.3 is 25.4 Å². The maximum atomic E-state index is 12.3. The largest absolute Gasteiger partial charge is 0.465 e. The van der Waals surface area contributed by atoms with Crippen molar-refractivity contribution in [1.29, 1.82) is 0 Å². The fraction of sp³-hybridized carbons (Fsp3) is 0.182. The third kappa shape index (κ3) is 4.55. The molecule has 1 heterocycles. The lowest BCUT2D eigenvalue weighted by Crippen LogP contribution is -2.18. The molecule has 0 atom stereocenters. The van der Waals surface area contributed by atoms with Gasteiger partial charge in [-0.15, -0.1) is 0 Å². The summed E-state index contributed by atoms with van der Waals surface area (Å²) in [6, 6.07) is 13.9. The molecular formula is C22H23N5O4. The standard InChI is InChI=1S/C22H23N5O4/c1-4-31-22(29)14-9-5-7-11-16(14)26-19-18(23)20(25-13-24-19)27(2)17-12-8-6-10-15(17)21(28)30-3/h5-13H,4,23H2,1-3H3,(H,24,25,26). The van der Waals surface area contributed by atoms with Gasteiger partial charge in [-0.1, -0.05) is 24.3 Å². The Morgan fingerprint density at radius 2 is 1.71 bits per heavy atom. The van der Waals surface area contributed by atoms with E-state index in [-0.39, 0.29) is 12.3 Å². The summed E-state index contributed by atoms with van der Waals surface area (Å²) in [6.45, 7) is 2.00. The maximum absolute atomic E-state index is 12.3. The zero-order chi connectivity index (χ0) is 22.4. The number of hydrogen-bond acceptors (Lipinski definition) is 9. The Morgan fingerprint density at radius 1 is 1.03 bits per heavy atom. The average molecular weight is 421 g/mol. The summed E-state index contributed by atoms with van der Waals surface area (Å²) < 4.78 is 9.97. The predicted molar refractivity (Wildman–Crippen MR) is 118 cm³/mol. The first kappa shape index (κ1) is 21.6. The van der Waals surface area contributed by atoms with Crippen LogP contribution < -0.4 is 16.0 Å². The first-order valence-corrected chi connectivity index (χ1v) is 9.52. The van der Waals surface area contributed by atoms with Crippen molar-refractivity contribution in [2.24, 2.45) is 0 Å². The van der Waals surface area contributed by atoms with Crippen LogP contribution in [-0.2, 0) is 9.47 Å². The second-order valence-electron chi connectivity index (χ2n) is 6.42. The first-order chi connectivity index (χ1) is 15.0. The molecule has 3 rings (SSSR count). The molecule has 0 saturated carbocycles. The number of hydrogen-bond donors (Lipinski definition) is 2. The minimum absolute atomic E-state index is 0.239. The molecule has 3 aromatic rings. The SMILES string of the molecule is CCOC(=O)c1ccccc1Nc1ncnc(N(C)c2ccccc2C(=O)OC)c1N. The van der Waals surface area contributed by atoms with Gasteiger partial charge in [0.2, 0.25) is 0 Å². The molecule has 9 heteroatoms. The number of nitrogen functional groups attached to an aromatic ring is 1. The van der Waals surface area contributed by atoms with Crippen molar-refractivity contribution in [3.05, 3.63) is 66.0 Å². The van der Waals surface area contributed by atoms with E-state index in [2.05, 4.69) is 15.3 Å². The van der Waals surface area contributed by atoms with E-state index in [4.69, 9.17) is 15.2 Å². The summed E-state index contributed by atoms with van der Waals surface area (Å²) in [4.78, 5) is 34.6. The van der Waals surface area contributed by atoms with Gasteiger partial charge in [0.25, 0.3) is 0 Å². The lowest BCUT2D eigenvalue weighted by atomic mass is 10.1. The number of ether oxygens (including phenoxy) is 2. The number of benzene rings is 2. The number of carbonyl (C=O) groups excluding carboxylic acids is 2. The van der Waals surface area contributed by atoms with E-state index in [0.717, 1.165) is 0 Å². The van der Waals surface area contributed by atoms with Crippen LogP contribution in [0.2, 0.25) is 0 Å². The second kappa shape index (κ2) is 9.57. The van der Waals surface area contributed by atoms with Gasteiger partial charge in [-0.05, 0) is 31.2 Å². The molecule has 31 heavy (non-hydrogen) atoms. The minimum Gasteiger partial charge on any atom is -0.465 e. The molecule has 0 saturated heterocycles. The molecule has 0 aliphatic heterocycles. The highest BCUT2D eigenvalue weighted by molar-refractivity contribution is 5.98. The Kier molecular flexibility index (Phi) is 6.66. The van der Waals surface area contributed by atoms with Gasteiger partial charge in [0.05, 0.1) is 36.2 Å². The Morgan fingerprint density at radius 3 is 2.42 bits per heavy atom. The molecular weight excluding hydrogens is 398 g/mol. The lowest BCUT2D eigenvalue weighted by Gasteiger charge is -2.23. The molecule has 2 aromatic carbocycles. The Hall–Kier alpha value is -4.14. The highest BCUT2D eigenvalue weighted by atomic mass is 16.5. The number of rotatable bonds is 7. The zero-order valence-electron chi connectivity index (χ0n) is 17.5. The van der Waals surface area contributed by atoms with Crippen LogP contribution in [0, 0.1) is 0 Å². The van der Waals surface area contributed by atoms with Crippen molar-refractivity contribution in [2.45, 2.75) is 6.92 Å². The number of nitrogens with one attached hydrogen (secondary N) is 1. The van der Waals surface area contributed by atoms with Gasteiger partial charge in [-0.2, -0.15) is 0 Å². The zero-order valence-corrected chi connectivity index (χ0v) is 17.5. The third-order valence-electron chi connectivity index (χ3n) is 4.53. The van der Waals surface area contributed by atoms with E-state index in [1.165, 1.54) is 13.4 Å². The molecule has 0 amide bonds. The van der Waals surface area contributed by atoms with E-state index in [1.807, 2.05) is 0 Å². The highest BCUT2D eigenvalue weighted by Crippen LogP contribution is 2.34. The Balaban J connectivity index is 1.98. The average Bonchev–Trinajstić information content (AvgIpc) is 2.80. The van der Waals surface area contributed by atoms with Crippen LogP contribution in [0.3, 0.4) is 0 Å². The fourth-order valence-electron chi connectivity index (χ4n) is 3.02. The van der Waals surface area contributed by atoms with E-state index in [1.54, 1.807) is 67.4 Å². The van der Waals surface area contributed by atoms with Crippen LogP contribution in [0.1, 0.15) is 27.6 Å². The predicted octanol–water partition coefficient (Wildman–Crippen LogP) is 3.53. The monoisotopic (exact) mass is 421 g/mol. The molecule has 0 aliphatic carbocycles. The minimum atomic E-state index is -0.475. The second-order valence-corrected chi connectivity index (χ2v) is 6.42. The van der Waals surface area contributed by atoms with Crippen LogP contribution in [0.25, 0.3) is 0 Å². The fourth-order valence-corrected chi connectivity index (χ4v) is 3.02. The number of anilines is 5. The van der Waals surface area contributed by atoms with Crippen molar-refractivity contribution in [3.63, 3.8) is 0 Å². The number of carbonyl (C=O) groups is 2. The molecule has 0 radical (unpaired) electrons. The van der Waals surface area contributed by atoms with Crippen LogP contribution in [0.5, 0.6) is 0 Å². The summed E-state index contributed by atoms with van der Waals surface area (Å²) in [5.74, 6) is -0.244. The van der Waals surface area contributed by atoms with Crippen molar-refractivity contribution in [3.8, 4) is 0 Å². The molecule has 0 unspecified atom stereocenters. The van der Waals surface area contributed by atoms with Crippen LogP contribution in [0.15, 0.2) is 54.9 Å². The number of esters is 2. The maximum Gasteiger partial charge on any atom is 0.340 e. The van der Waals surface area contributed by atoms with Gasteiger partial charge in [0.15, 0.2) is 11.6 Å². The summed E-state index contributed by atoms with van der Waals surface area (Å²) in [7, 11) is 3.05. The molecule has 0 bridgehead atoms. The number of nitrogens with zero attached hydrogens (tertiary/aromatic N) is 3. The van der Waals surface area contributed by atoms with Crippen molar-refractivity contribution < 1.29 is 19.1 Å². The number of para-hydroxylation sites is 2.